The van der Waals surface area contributed by atoms with Gasteiger partial charge in [0.1, 0.15) is 17.5 Å². The molecule has 3 N–H and O–H groups in total. The van der Waals surface area contributed by atoms with Crippen molar-refractivity contribution >= 4 is 17.8 Å². The van der Waals surface area contributed by atoms with Crippen molar-refractivity contribution in [2.75, 3.05) is 0 Å². The number of hydrogen-bond donors (Lipinski definition) is 3. The minimum atomic E-state index is -0.729. The highest BCUT2D eigenvalue weighted by molar-refractivity contribution is 5.98. The van der Waals surface area contributed by atoms with E-state index in [1.54, 1.807) is 6.07 Å². The van der Waals surface area contributed by atoms with E-state index in [1.807, 2.05) is 13.8 Å². The summed E-state index contributed by atoms with van der Waals surface area (Å²) in [7, 11) is 0. The first-order valence-electron chi connectivity index (χ1n) is 6.79. The molecule has 0 spiro atoms. The van der Waals surface area contributed by atoms with Crippen LogP contribution in [0.1, 0.15) is 44.1 Å². The highest BCUT2D eigenvalue weighted by atomic mass is 16.5. The summed E-state index contributed by atoms with van der Waals surface area (Å²) in [5.41, 5.74) is 0.612. The lowest BCUT2D eigenvalue weighted by Gasteiger charge is -2.13. The third-order valence-electron chi connectivity index (χ3n) is 3.12. The second-order valence-corrected chi connectivity index (χ2v) is 5.21. The number of carbonyl (C=O) groups excluding carboxylic acids is 3. The van der Waals surface area contributed by atoms with Gasteiger partial charge in [-0.2, -0.15) is 0 Å². The van der Waals surface area contributed by atoms with Crippen LogP contribution < -0.4 is 16.0 Å². The van der Waals surface area contributed by atoms with Crippen molar-refractivity contribution in [2.45, 2.75) is 45.2 Å². The van der Waals surface area contributed by atoms with Gasteiger partial charge in [-0.05, 0) is 6.42 Å². The molecule has 1 aromatic rings. The lowest BCUT2D eigenvalue weighted by Crippen LogP contribution is -2.48. The molecule has 4 amide bonds. The predicted octanol–water partition coefficient (Wildman–Crippen LogP) is 0.402. The van der Waals surface area contributed by atoms with Gasteiger partial charge in [-0.25, -0.2) is 4.79 Å². The maximum absolute atomic E-state index is 12.0. The monoisotopic (exact) mass is 294 g/mol. The quantitative estimate of drug-likeness (QED) is 0.744. The fourth-order valence-corrected chi connectivity index (χ4v) is 1.91. The topological polar surface area (TPSA) is 113 Å². The van der Waals surface area contributed by atoms with E-state index in [2.05, 4.69) is 21.1 Å². The van der Waals surface area contributed by atoms with Crippen molar-refractivity contribution in [3.8, 4) is 0 Å². The van der Waals surface area contributed by atoms with Crippen molar-refractivity contribution in [1.82, 2.24) is 21.1 Å². The number of rotatable bonds is 4. The van der Waals surface area contributed by atoms with Gasteiger partial charge in [-0.15, -0.1) is 0 Å². The van der Waals surface area contributed by atoms with Crippen LogP contribution in [0.15, 0.2) is 10.6 Å². The third kappa shape index (κ3) is 4.04. The first kappa shape index (κ1) is 15.0. The zero-order valence-corrected chi connectivity index (χ0v) is 11.9. The Kier molecular flexibility index (Phi) is 4.56. The van der Waals surface area contributed by atoms with Gasteiger partial charge in [0, 0.05) is 18.4 Å². The standard InChI is InChI=1S/C13H18N4O4/c1-7(2)10-5-8(17-21-10)6-14-12(19)9-3-4-11(18)16-13(20)15-9/h5,7,9H,3-4,6H2,1-2H3,(H,14,19)(H2,15,16,18,20)/t9-/m0/s1. The first-order chi connectivity index (χ1) is 9.95. The first-order valence-corrected chi connectivity index (χ1v) is 6.79. The van der Waals surface area contributed by atoms with Gasteiger partial charge in [0.05, 0.1) is 6.54 Å². The SMILES string of the molecule is CC(C)c1cc(CNC(=O)[C@@H]2CCC(=O)NC(=O)N2)no1. The summed E-state index contributed by atoms with van der Waals surface area (Å²) in [6.07, 6.45) is 0.387. The Labute approximate surface area is 121 Å². The van der Waals surface area contributed by atoms with E-state index in [-0.39, 0.29) is 37.1 Å². The molecule has 0 radical (unpaired) electrons. The number of amides is 4. The molecule has 2 heterocycles. The van der Waals surface area contributed by atoms with E-state index in [1.165, 1.54) is 0 Å². The number of aromatic nitrogens is 1. The van der Waals surface area contributed by atoms with E-state index in [9.17, 15) is 14.4 Å². The number of nitrogens with one attached hydrogen (secondary N) is 3. The van der Waals surface area contributed by atoms with Crippen LogP contribution in [0, 0.1) is 0 Å². The molecule has 8 heteroatoms. The number of urea groups is 1. The van der Waals surface area contributed by atoms with Gasteiger partial charge < -0.3 is 15.2 Å². The number of imide groups is 1. The maximum atomic E-state index is 12.0. The van der Waals surface area contributed by atoms with Crippen LogP contribution in [0.3, 0.4) is 0 Å². The van der Waals surface area contributed by atoms with Crippen LogP contribution in [0.5, 0.6) is 0 Å². The Morgan fingerprint density at radius 3 is 2.95 bits per heavy atom. The normalized spacial score (nSPS) is 18.9. The Morgan fingerprint density at radius 1 is 1.52 bits per heavy atom. The van der Waals surface area contributed by atoms with E-state index >= 15 is 0 Å². The summed E-state index contributed by atoms with van der Waals surface area (Å²) in [6, 6.07) is 0.399. The van der Waals surface area contributed by atoms with Crippen LogP contribution in [-0.2, 0) is 16.1 Å². The Morgan fingerprint density at radius 2 is 2.29 bits per heavy atom. The summed E-state index contributed by atoms with van der Waals surface area (Å²) >= 11 is 0. The molecule has 1 aliphatic rings. The van der Waals surface area contributed by atoms with Gasteiger partial charge in [0.25, 0.3) is 0 Å². The summed E-state index contributed by atoms with van der Waals surface area (Å²) in [5.74, 6) is 0.229. The molecule has 0 unspecified atom stereocenters. The molecule has 0 bridgehead atoms. The molecule has 114 valence electrons. The van der Waals surface area contributed by atoms with Gasteiger partial charge in [-0.1, -0.05) is 19.0 Å². The van der Waals surface area contributed by atoms with Gasteiger partial charge in [0.2, 0.25) is 11.8 Å². The summed E-state index contributed by atoms with van der Waals surface area (Å²) in [4.78, 5) is 34.5. The molecule has 0 aliphatic carbocycles. The molecule has 1 aromatic heterocycles. The minimum Gasteiger partial charge on any atom is -0.361 e. The number of nitrogens with zero attached hydrogens (tertiary/aromatic N) is 1. The Balaban J connectivity index is 1.88. The summed E-state index contributed by atoms with van der Waals surface area (Å²) < 4.78 is 5.13. The van der Waals surface area contributed by atoms with E-state index in [4.69, 9.17) is 4.52 Å². The molecular formula is C13H18N4O4. The smallest absolute Gasteiger partial charge is 0.322 e. The molecule has 0 saturated carbocycles. The fraction of sp³-hybridized carbons (Fsp3) is 0.538. The molecular weight excluding hydrogens is 276 g/mol. The van der Waals surface area contributed by atoms with Gasteiger partial charge in [-0.3, -0.25) is 14.9 Å². The van der Waals surface area contributed by atoms with Crippen molar-refractivity contribution < 1.29 is 18.9 Å². The second-order valence-electron chi connectivity index (χ2n) is 5.21. The van der Waals surface area contributed by atoms with Crippen LogP contribution in [0.4, 0.5) is 4.79 Å². The summed E-state index contributed by atoms with van der Waals surface area (Å²) in [6.45, 7) is 4.17. The zero-order chi connectivity index (χ0) is 15.4. The predicted molar refractivity (Wildman–Crippen MR) is 72.1 cm³/mol. The van der Waals surface area contributed by atoms with E-state index in [0.29, 0.717) is 5.69 Å². The fourth-order valence-electron chi connectivity index (χ4n) is 1.91. The molecule has 1 saturated heterocycles. The zero-order valence-electron chi connectivity index (χ0n) is 11.9. The van der Waals surface area contributed by atoms with Crippen molar-refractivity contribution in [3.05, 3.63) is 17.5 Å². The van der Waals surface area contributed by atoms with Crippen molar-refractivity contribution in [2.24, 2.45) is 0 Å². The molecule has 1 aliphatic heterocycles. The Bertz CT molecular complexity index is 552. The van der Waals surface area contributed by atoms with Gasteiger partial charge >= 0.3 is 6.03 Å². The minimum absolute atomic E-state index is 0.123. The molecule has 2 rings (SSSR count). The third-order valence-corrected chi connectivity index (χ3v) is 3.12. The van der Waals surface area contributed by atoms with Crippen LogP contribution in [-0.4, -0.2) is 29.0 Å². The highest BCUT2D eigenvalue weighted by Crippen LogP contribution is 2.14. The lowest BCUT2D eigenvalue weighted by molar-refractivity contribution is -0.123. The maximum Gasteiger partial charge on any atom is 0.322 e. The largest absolute Gasteiger partial charge is 0.361 e. The number of carbonyl (C=O) groups is 3. The Hall–Kier alpha value is -2.38. The van der Waals surface area contributed by atoms with Gasteiger partial charge in [0.15, 0.2) is 0 Å². The van der Waals surface area contributed by atoms with Crippen molar-refractivity contribution in [1.29, 1.82) is 0 Å². The lowest BCUT2D eigenvalue weighted by atomic mass is 10.1. The van der Waals surface area contributed by atoms with E-state index in [0.717, 1.165) is 5.76 Å². The molecule has 8 nitrogen and oxygen atoms in total. The van der Waals surface area contributed by atoms with Crippen LogP contribution in [0.25, 0.3) is 0 Å². The average Bonchev–Trinajstić information content (AvgIpc) is 2.82. The van der Waals surface area contributed by atoms with Crippen LogP contribution >= 0.6 is 0 Å². The van der Waals surface area contributed by atoms with Crippen molar-refractivity contribution in [3.63, 3.8) is 0 Å². The summed E-state index contributed by atoms with van der Waals surface area (Å²) in [5, 5.41) is 11.1. The molecule has 1 atom stereocenters. The van der Waals surface area contributed by atoms with Crippen LogP contribution in [0.2, 0.25) is 0 Å². The molecule has 0 aromatic carbocycles. The molecule has 21 heavy (non-hydrogen) atoms. The second kappa shape index (κ2) is 6.38. The average molecular weight is 294 g/mol. The highest BCUT2D eigenvalue weighted by Gasteiger charge is 2.26. The van der Waals surface area contributed by atoms with E-state index < -0.39 is 12.1 Å². The number of hydrogen-bond acceptors (Lipinski definition) is 5. The molecule has 1 fully saturated rings.